The van der Waals surface area contributed by atoms with Crippen molar-refractivity contribution in [2.24, 2.45) is 4.99 Å². The Hall–Kier alpha value is -3.47. The van der Waals surface area contributed by atoms with Gasteiger partial charge in [-0.3, -0.25) is 9.52 Å². The monoisotopic (exact) mass is 539 g/mol. The van der Waals surface area contributed by atoms with Crippen molar-refractivity contribution in [3.63, 3.8) is 0 Å². The van der Waals surface area contributed by atoms with Crippen molar-refractivity contribution in [3.8, 4) is 5.75 Å². The summed E-state index contributed by atoms with van der Waals surface area (Å²) in [6.07, 6.45) is 0. The fourth-order valence-electron chi connectivity index (χ4n) is 3.76. The topological polar surface area (TPSA) is 99.0 Å². The summed E-state index contributed by atoms with van der Waals surface area (Å²) in [5.41, 5.74) is 3.87. The first-order valence-corrected chi connectivity index (χ1v) is 14.1. The van der Waals surface area contributed by atoms with E-state index in [1.54, 1.807) is 30.3 Å². The molecule has 1 amide bonds. The molecule has 0 aliphatic heterocycles. The maximum Gasteiger partial charge on any atom is 0.279 e. The Morgan fingerprint density at radius 2 is 1.78 bits per heavy atom. The molecule has 0 aliphatic rings. The number of nitrogens with one attached hydrogen (secondary N) is 1. The quantitative estimate of drug-likeness (QED) is 0.305. The van der Waals surface area contributed by atoms with Gasteiger partial charge in [0.15, 0.2) is 4.80 Å². The molecule has 0 aliphatic carbocycles. The number of hydrogen-bond donors (Lipinski definition) is 1. The van der Waals surface area contributed by atoms with Gasteiger partial charge in [-0.1, -0.05) is 17.4 Å². The lowest BCUT2D eigenvalue weighted by atomic mass is 10.1. The van der Waals surface area contributed by atoms with Gasteiger partial charge in [-0.15, -0.1) is 0 Å². The van der Waals surface area contributed by atoms with Gasteiger partial charge in [0, 0.05) is 24.4 Å². The van der Waals surface area contributed by atoms with E-state index in [1.165, 1.54) is 42.2 Å². The van der Waals surface area contributed by atoms with Crippen molar-refractivity contribution in [2.45, 2.75) is 32.2 Å². The maximum atomic E-state index is 13.2. The van der Waals surface area contributed by atoms with Crippen molar-refractivity contribution >= 4 is 43.2 Å². The first-order chi connectivity index (χ1) is 17.7. The van der Waals surface area contributed by atoms with E-state index in [2.05, 4.69) is 35.7 Å². The van der Waals surface area contributed by atoms with Crippen LogP contribution in [0.25, 0.3) is 10.2 Å². The number of fused-ring (bicyclic) bond motifs is 1. The molecule has 0 spiro atoms. The lowest BCUT2D eigenvalue weighted by molar-refractivity contribution is 0.0996. The smallest absolute Gasteiger partial charge is 0.279 e. The Morgan fingerprint density at radius 1 is 1.05 bits per heavy atom. The Balaban J connectivity index is 1.65. The van der Waals surface area contributed by atoms with Crippen molar-refractivity contribution in [3.05, 3.63) is 82.2 Å². The van der Waals surface area contributed by atoms with Crippen molar-refractivity contribution in [1.82, 2.24) is 4.57 Å². The number of methoxy groups -OCH3 is 1. The molecule has 4 rings (SSSR count). The number of thiazole rings is 1. The van der Waals surface area contributed by atoms with Gasteiger partial charge in [0.05, 0.1) is 28.8 Å². The van der Waals surface area contributed by atoms with Gasteiger partial charge < -0.3 is 14.0 Å². The maximum absolute atomic E-state index is 13.2. The van der Waals surface area contributed by atoms with Gasteiger partial charge in [-0.2, -0.15) is 4.99 Å². The van der Waals surface area contributed by atoms with Crippen LogP contribution in [0.4, 0.5) is 5.69 Å². The molecule has 0 atom stereocenters. The molecule has 0 saturated heterocycles. The molecule has 1 heterocycles. The van der Waals surface area contributed by atoms with Crippen molar-refractivity contribution in [2.75, 3.05) is 25.0 Å². The van der Waals surface area contributed by atoms with Crippen LogP contribution in [0.2, 0.25) is 0 Å². The molecule has 0 radical (unpaired) electrons. The normalized spacial score (nSPS) is 12.2. The van der Waals surface area contributed by atoms with Crippen LogP contribution >= 0.6 is 11.3 Å². The highest BCUT2D eigenvalue weighted by Gasteiger charge is 2.16. The molecule has 8 nitrogen and oxygen atoms in total. The minimum atomic E-state index is -3.85. The second kappa shape index (κ2) is 11.3. The number of amides is 1. The minimum Gasteiger partial charge on any atom is -0.497 e. The number of carbonyl (C=O) groups excluding carboxylic acids is 1. The highest BCUT2D eigenvalue weighted by atomic mass is 32.2. The van der Waals surface area contributed by atoms with Crippen LogP contribution < -0.4 is 14.3 Å². The van der Waals surface area contributed by atoms with Gasteiger partial charge >= 0.3 is 0 Å². The predicted molar refractivity (Wildman–Crippen MR) is 146 cm³/mol. The minimum absolute atomic E-state index is 0.0842. The van der Waals surface area contributed by atoms with Crippen LogP contribution in [0, 0.1) is 13.8 Å². The molecule has 0 bridgehead atoms. The third-order valence-corrected chi connectivity index (χ3v) is 8.33. The number of carbonyl (C=O) groups is 1. The SMILES string of the molecule is CCOCCn1c(=NC(=O)c2cccc(NS(=O)(=O)c3ccc(OC)cc3)c2)sc2cc(C)c(C)cc21. The van der Waals surface area contributed by atoms with E-state index in [1.807, 2.05) is 11.5 Å². The molecule has 37 heavy (non-hydrogen) atoms. The Kier molecular flexibility index (Phi) is 8.11. The van der Waals surface area contributed by atoms with Crippen LogP contribution in [-0.2, 0) is 21.3 Å². The highest BCUT2D eigenvalue weighted by molar-refractivity contribution is 7.92. The van der Waals surface area contributed by atoms with E-state index >= 15 is 0 Å². The molecule has 0 fully saturated rings. The number of aromatic nitrogens is 1. The summed E-state index contributed by atoms with van der Waals surface area (Å²) >= 11 is 1.44. The lowest BCUT2D eigenvalue weighted by Crippen LogP contribution is -2.20. The fraction of sp³-hybridized carbons (Fsp3) is 0.259. The van der Waals surface area contributed by atoms with E-state index in [0.29, 0.717) is 30.3 Å². The molecule has 10 heteroatoms. The number of nitrogens with zero attached hydrogens (tertiary/aromatic N) is 2. The van der Waals surface area contributed by atoms with Crippen molar-refractivity contribution < 1.29 is 22.7 Å². The molecule has 1 aromatic heterocycles. The first kappa shape index (κ1) is 26.6. The Bertz CT molecular complexity index is 1600. The van der Waals surface area contributed by atoms with Gasteiger partial charge in [0.25, 0.3) is 15.9 Å². The standard InChI is InChI=1S/C27H29N3O5S2/c1-5-35-14-13-30-24-15-18(2)19(3)16-25(24)36-27(30)28-26(31)20-7-6-8-21(17-20)29-37(32,33)23-11-9-22(34-4)10-12-23/h6-12,15-17,29H,5,13-14H2,1-4H3. The summed E-state index contributed by atoms with van der Waals surface area (Å²) in [5, 5.41) is 0. The second-order valence-corrected chi connectivity index (χ2v) is 11.1. The average molecular weight is 540 g/mol. The molecular weight excluding hydrogens is 510 g/mol. The molecule has 4 aromatic rings. The van der Waals surface area contributed by atoms with Crippen LogP contribution in [0.15, 0.2) is 70.6 Å². The largest absolute Gasteiger partial charge is 0.497 e. The zero-order chi connectivity index (χ0) is 26.6. The third kappa shape index (κ3) is 6.10. The van der Waals surface area contributed by atoms with E-state index in [0.717, 1.165) is 15.8 Å². The lowest BCUT2D eigenvalue weighted by Gasteiger charge is -2.09. The summed E-state index contributed by atoms with van der Waals surface area (Å²) in [4.78, 5) is 18.2. The highest BCUT2D eigenvalue weighted by Crippen LogP contribution is 2.23. The fourth-order valence-corrected chi connectivity index (χ4v) is 5.94. The summed E-state index contributed by atoms with van der Waals surface area (Å²) in [6.45, 7) is 7.71. The third-order valence-electron chi connectivity index (χ3n) is 5.89. The van der Waals surface area contributed by atoms with E-state index in [-0.39, 0.29) is 16.1 Å². The number of sulfonamides is 1. The van der Waals surface area contributed by atoms with Gasteiger partial charge in [0.1, 0.15) is 5.75 Å². The van der Waals surface area contributed by atoms with Gasteiger partial charge in [-0.05, 0) is 86.5 Å². The Morgan fingerprint density at radius 3 is 2.49 bits per heavy atom. The predicted octanol–water partition coefficient (Wildman–Crippen LogP) is 4.91. The number of rotatable bonds is 9. The number of benzene rings is 3. The summed E-state index contributed by atoms with van der Waals surface area (Å²) in [7, 11) is -2.34. The van der Waals surface area contributed by atoms with E-state index in [4.69, 9.17) is 9.47 Å². The zero-order valence-corrected chi connectivity index (χ0v) is 22.8. The zero-order valence-electron chi connectivity index (χ0n) is 21.1. The number of hydrogen-bond acceptors (Lipinski definition) is 6. The molecule has 194 valence electrons. The van der Waals surface area contributed by atoms with Crippen LogP contribution in [0.3, 0.4) is 0 Å². The molecular formula is C27H29N3O5S2. The summed E-state index contributed by atoms with van der Waals surface area (Å²) in [6, 6.07) is 16.6. The van der Waals surface area contributed by atoms with Crippen LogP contribution in [0.1, 0.15) is 28.4 Å². The second-order valence-electron chi connectivity index (χ2n) is 8.42. The number of ether oxygens (including phenoxy) is 2. The summed E-state index contributed by atoms with van der Waals surface area (Å²) in [5.74, 6) is 0.0915. The molecule has 1 N–H and O–H groups in total. The van der Waals surface area contributed by atoms with Gasteiger partial charge in [0.2, 0.25) is 0 Å². The average Bonchev–Trinajstić information content (AvgIpc) is 3.19. The van der Waals surface area contributed by atoms with E-state index < -0.39 is 15.9 Å². The molecule has 0 unspecified atom stereocenters. The van der Waals surface area contributed by atoms with Crippen molar-refractivity contribution in [1.29, 1.82) is 0 Å². The Labute approximate surface area is 220 Å². The van der Waals surface area contributed by atoms with Gasteiger partial charge in [-0.25, -0.2) is 8.42 Å². The number of anilines is 1. The molecule has 3 aromatic carbocycles. The van der Waals surface area contributed by atoms with Crippen LogP contribution in [-0.4, -0.2) is 39.2 Å². The first-order valence-electron chi connectivity index (χ1n) is 11.8. The number of aryl methyl sites for hydroxylation is 2. The summed E-state index contributed by atoms with van der Waals surface area (Å²) < 4.78 is 41.8. The van der Waals surface area contributed by atoms with Crippen LogP contribution in [0.5, 0.6) is 5.75 Å². The van der Waals surface area contributed by atoms with E-state index in [9.17, 15) is 13.2 Å². The molecule has 0 saturated carbocycles.